The van der Waals surface area contributed by atoms with Crippen molar-refractivity contribution in [3.05, 3.63) is 11.6 Å². The van der Waals surface area contributed by atoms with Crippen molar-refractivity contribution in [2.45, 2.75) is 26.2 Å². The number of carbonyl (C=O) groups excluding carboxylic acids is 1. The lowest BCUT2D eigenvalue weighted by molar-refractivity contribution is -0.156. The van der Waals surface area contributed by atoms with Gasteiger partial charge in [0.2, 0.25) is 0 Å². The Labute approximate surface area is 81.9 Å². The van der Waals surface area contributed by atoms with E-state index in [1.54, 1.807) is 6.08 Å². The first-order valence-electron chi connectivity index (χ1n) is 4.43. The van der Waals surface area contributed by atoms with Gasteiger partial charge in [0.1, 0.15) is 0 Å². The molecule has 5 heteroatoms. The average Bonchev–Trinajstić information content (AvgIpc) is 2.18. The summed E-state index contributed by atoms with van der Waals surface area (Å²) in [5.41, 5.74) is 1.67. The van der Waals surface area contributed by atoms with Gasteiger partial charge in [-0.1, -0.05) is 11.6 Å². The number of amides is 1. The molecule has 0 aliphatic heterocycles. The molecule has 1 unspecified atom stereocenters. The maximum atomic E-state index is 11.4. The van der Waals surface area contributed by atoms with Crippen LogP contribution in [-0.4, -0.2) is 17.0 Å². The van der Waals surface area contributed by atoms with Gasteiger partial charge in [0.05, 0.1) is 0 Å². The second kappa shape index (κ2) is 3.79. The summed E-state index contributed by atoms with van der Waals surface area (Å²) in [7, 11) is 0. The summed E-state index contributed by atoms with van der Waals surface area (Å²) in [4.78, 5) is 22.4. The van der Waals surface area contributed by atoms with Crippen LogP contribution >= 0.6 is 0 Å². The van der Waals surface area contributed by atoms with Gasteiger partial charge in [0, 0.05) is 0 Å². The zero-order valence-corrected chi connectivity index (χ0v) is 8.04. The molecule has 0 heterocycles. The number of hydrogen-bond acceptors (Lipinski definition) is 3. The Balaban J connectivity index is 2.96. The molecular formula is C9H14N2O3. The van der Waals surface area contributed by atoms with Crippen molar-refractivity contribution in [1.29, 1.82) is 0 Å². The Kier molecular flexibility index (Phi) is 2.90. The summed E-state index contributed by atoms with van der Waals surface area (Å²) in [5.74, 6) is 3.25. The Morgan fingerprint density at radius 2 is 2.29 bits per heavy atom. The third-order valence-corrected chi connectivity index (χ3v) is 2.72. The zero-order valence-electron chi connectivity index (χ0n) is 8.04. The first-order chi connectivity index (χ1) is 6.53. The van der Waals surface area contributed by atoms with E-state index in [0.717, 1.165) is 5.57 Å². The molecule has 0 bridgehead atoms. The number of nitrogens with one attached hydrogen (secondary N) is 1. The Morgan fingerprint density at radius 3 is 2.64 bits per heavy atom. The molecule has 0 radical (unpaired) electrons. The van der Waals surface area contributed by atoms with Gasteiger partial charge in [-0.15, -0.1) is 0 Å². The van der Waals surface area contributed by atoms with Crippen LogP contribution in [0.3, 0.4) is 0 Å². The number of carbonyl (C=O) groups is 2. The minimum Gasteiger partial charge on any atom is -0.480 e. The molecule has 0 saturated carbocycles. The van der Waals surface area contributed by atoms with E-state index < -0.39 is 17.3 Å². The van der Waals surface area contributed by atoms with Gasteiger partial charge >= 0.3 is 5.97 Å². The number of hydrogen-bond donors (Lipinski definition) is 3. The van der Waals surface area contributed by atoms with Crippen LogP contribution in [0.25, 0.3) is 0 Å². The van der Waals surface area contributed by atoms with Crippen LogP contribution in [0.15, 0.2) is 11.6 Å². The molecular weight excluding hydrogens is 184 g/mol. The van der Waals surface area contributed by atoms with Crippen molar-refractivity contribution in [3.8, 4) is 0 Å². The molecule has 1 aliphatic rings. The molecule has 14 heavy (non-hydrogen) atoms. The van der Waals surface area contributed by atoms with Gasteiger partial charge in [-0.25, -0.2) is 5.84 Å². The third-order valence-electron chi connectivity index (χ3n) is 2.72. The molecule has 0 aromatic rings. The van der Waals surface area contributed by atoms with Crippen molar-refractivity contribution in [3.63, 3.8) is 0 Å². The standard InChI is InChI=1S/C9H14N2O3/c1-6-2-4-9(5-3-6,8(13)14)7(12)11-10/h2H,3-5,10H2,1H3,(H,11,12)(H,13,14). The van der Waals surface area contributed by atoms with Gasteiger partial charge in [-0.05, 0) is 26.2 Å². The summed E-state index contributed by atoms with van der Waals surface area (Å²) < 4.78 is 0. The van der Waals surface area contributed by atoms with E-state index in [-0.39, 0.29) is 6.42 Å². The average molecular weight is 198 g/mol. The number of carboxylic acids is 1. The minimum absolute atomic E-state index is 0.219. The molecule has 1 rings (SSSR count). The minimum atomic E-state index is -1.37. The molecule has 0 spiro atoms. The van der Waals surface area contributed by atoms with Crippen LogP contribution in [0.5, 0.6) is 0 Å². The Bertz CT molecular complexity index is 298. The van der Waals surface area contributed by atoms with Crippen molar-refractivity contribution < 1.29 is 14.7 Å². The van der Waals surface area contributed by atoms with E-state index in [1.807, 2.05) is 12.3 Å². The highest BCUT2D eigenvalue weighted by atomic mass is 16.4. The summed E-state index contributed by atoms with van der Waals surface area (Å²) >= 11 is 0. The van der Waals surface area contributed by atoms with E-state index in [2.05, 4.69) is 0 Å². The highest BCUT2D eigenvalue weighted by molar-refractivity contribution is 6.02. The van der Waals surface area contributed by atoms with Crippen LogP contribution in [0.1, 0.15) is 26.2 Å². The fourth-order valence-electron chi connectivity index (χ4n) is 1.60. The first kappa shape index (κ1) is 10.7. The molecule has 4 N–H and O–H groups in total. The maximum Gasteiger partial charge on any atom is 0.319 e. The van der Waals surface area contributed by atoms with E-state index >= 15 is 0 Å². The van der Waals surface area contributed by atoms with Gasteiger partial charge < -0.3 is 5.11 Å². The molecule has 1 aliphatic carbocycles. The molecule has 0 aromatic carbocycles. The highest BCUT2D eigenvalue weighted by Crippen LogP contribution is 2.35. The van der Waals surface area contributed by atoms with E-state index in [9.17, 15) is 9.59 Å². The van der Waals surface area contributed by atoms with E-state index in [1.165, 1.54) is 0 Å². The van der Waals surface area contributed by atoms with Gasteiger partial charge in [0.25, 0.3) is 5.91 Å². The van der Waals surface area contributed by atoms with E-state index in [4.69, 9.17) is 10.9 Å². The fraction of sp³-hybridized carbons (Fsp3) is 0.556. The largest absolute Gasteiger partial charge is 0.480 e. The number of allylic oxidation sites excluding steroid dienone is 2. The van der Waals surface area contributed by atoms with E-state index in [0.29, 0.717) is 12.8 Å². The number of hydrazine groups is 1. The highest BCUT2D eigenvalue weighted by Gasteiger charge is 2.45. The molecule has 1 amide bonds. The first-order valence-corrected chi connectivity index (χ1v) is 4.43. The molecule has 1 atom stereocenters. The lowest BCUT2D eigenvalue weighted by atomic mass is 9.74. The topological polar surface area (TPSA) is 92.4 Å². The summed E-state index contributed by atoms with van der Waals surface area (Å²) in [6, 6.07) is 0. The predicted molar refractivity (Wildman–Crippen MR) is 50.0 cm³/mol. The number of nitrogens with two attached hydrogens (primary N) is 1. The number of aliphatic carboxylic acids is 1. The number of carboxylic acid groups (broad SMARTS) is 1. The molecule has 78 valence electrons. The molecule has 0 aromatic heterocycles. The molecule has 0 fully saturated rings. The van der Waals surface area contributed by atoms with Crippen LogP contribution in [-0.2, 0) is 9.59 Å². The lowest BCUT2D eigenvalue weighted by Gasteiger charge is -2.29. The van der Waals surface area contributed by atoms with Gasteiger partial charge in [-0.2, -0.15) is 0 Å². The number of rotatable bonds is 2. The van der Waals surface area contributed by atoms with Crippen molar-refractivity contribution in [1.82, 2.24) is 5.43 Å². The smallest absolute Gasteiger partial charge is 0.319 e. The quantitative estimate of drug-likeness (QED) is 0.194. The zero-order chi connectivity index (χ0) is 10.8. The fourth-order valence-corrected chi connectivity index (χ4v) is 1.60. The van der Waals surface area contributed by atoms with Crippen molar-refractivity contribution in [2.24, 2.45) is 11.3 Å². The van der Waals surface area contributed by atoms with Gasteiger partial charge in [-0.3, -0.25) is 15.0 Å². The summed E-state index contributed by atoms with van der Waals surface area (Å²) in [5, 5.41) is 9.03. The monoisotopic (exact) mass is 198 g/mol. The second-order valence-electron chi connectivity index (χ2n) is 3.62. The normalized spacial score (nSPS) is 26.6. The van der Waals surface area contributed by atoms with Crippen LogP contribution in [0.2, 0.25) is 0 Å². The second-order valence-corrected chi connectivity index (χ2v) is 3.62. The Morgan fingerprint density at radius 1 is 1.64 bits per heavy atom. The van der Waals surface area contributed by atoms with Crippen molar-refractivity contribution >= 4 is 11.9 Å². The molecule has 0 saturated heterocycles. The lowest BCUT2D eigenvalue weighted by Crippen LogP contribution is -2.49. The van der Waals surface area contributed by atoms with Crippen LogP contribution in [0.4, 0.5) is 0 Å². The summed E-state index contributed by atoms with van der Waals surface area (Å²) in [6.45, 7) is 1.92. The SMILES string of the molecule is CC1=CCC(C(=O)O)(C(=O)NN)CC1. The predicted octanol–water partition coefficient (Wildman–Crippen LogP) is 0.177. The van der Waals surface area contributed by atoms with Crippen LogP contribution < -0.4 is 11.3 Å². The third kappa shape index (κ3) is 1.63. The van der Waals surface area contributed by atoms with Crippen LogP contribution in [0, 0.1) is 5.41 Å². The van der Waals surface area contributed by atoms with Gasteiger partial charge in [0.15, 0.2) is 5.41 Å². The molecule has 5 nitrogen and oxygen atoms in total. The van der Waals surface area contributed by atoms with Crippen molar-refractivity contribution in [2.75, 3.05) is 0 Å². The summed E-state index contributed by atoms with van der Waals surface area (Å²) in [6.07, 6.45) is 2.94. The maximum absolute atomic E-state index is 11.4. The Hall–Kier alpha value is -1.36.